The summed E-state index contributed by atoms with van der Waals surface area (Å²) in [5, 5.41) is 6.00. The lowest BCUT2D eigenvalue weighted by molar-refractivity contribution is 0.0950. The van der Waals surface area contributed by atoms with E-state index in [0.717, 1.165) is 31.0 Å². The fourth-order valence-electron chi connectivity index (χ4n) is 2.38. The number of carbonyl (C=O) groups is 1. The number of nitrogens with one attached hydrogen (secondary N) is 2. The standard InChI is InChI=1S/C14H22N4O/c1-11-9-13(15-2)12(10-17-11)14(19)16-5-8-18-6-3-4-7-18/h9-10H,3-8H2,1-2H3,(H,15,17)(H,16,19). The van der Waals surface area contributed by atoms with Crippen LogP contribution in [0, 0.1) is 6.92 Å². The third-order valence-electron chi connectivity index (χ3n) is 3.47. The summed E-state index contributed by atoms with van der Waals surface area (Å²) in [6, 6.07) is 1.88. The van der Waals surface area contributed by atoms with Gasteiger partial charge < -0.3 is 15.5 Å². The monoisotopic (exact) mass is 262 g/mol. The first-order valence-corrected chi connectivity index (χ1v) is 6.85. The van der Waals surface area contributed by atoms with Crippen LogP contribution in [0.1, 0.15) is 28.9 Å². The maximum absolute atomic E-state index is 12.1. The van der Waals surface area contributed by atoms with Crippen molar-refractivity contribution < 1.29 is 4.79 Å². The Morgan fingerprint density at radius 1 is 1.42 bits per heavy atom. The maximum Gasteiger partial charge on any atom is 0.254 e. The largest absolute Gasteiger partial charge is 0.387 e. The zero-order valence-electron chi connectivity index (χ0n) is 11.7. The van der Waals surface area contributed by atoms with Gasteiger partial charge in [0.25, 0.3) is 5.91 Å². The molecule has 1 aromatic rings. The minimum absolute atomic E-state index is 0.0592. The first-order chi connectivity index (χ1) is 9.20. The van der Waals surface area contributed by atoms with Crippen LogP contribution in [0.4, 0.5) is 5.69 Å². The molecule has 0 unspecified atom stereocenters. The van der Waals surface area contributed by atoms with Crippen LogP contribution in [0.3, 0.4) is 0 Å². The Bertz CT molecular complexity index is 441. The van der Waals surface area contributed by atoms with Gasteiger partial charge in [-0.25, -0.2) is 0 Å². The number of hydrogen-bond acceptors (Lipinski definition) is 4. The van der Waals surface area contributed by atoms with Crippen LogP contribution in [0.15, 0.2) is 12.3 Å². The van der Waals surface area contributed by atoms with E-state index in [1.807, 2.05) is 20.0 Å². The van der Waals surface area contributed by atoms with Crippen LogP contribution >= 0.6 is 0 Å². The van der Waals surface area contributed by atoms with Crippen molar-refractivity contribution in [1.29, 1.82) is 0 Å². The van der Waals surface area contributed by atoms with Crippen molar-refractivity contribution in [1.82, 2.24) is 15.2 Å². The second kappa shape index (κ2) is 6.52. The zero-order valence-corrected chi connectivity index (χ0v) is 11.7. The number of amides is 1. The number of rotatable bonds is 5. The van der Waals surface area contributed by atoms with Gasteiger partial charge in [0.1, 0.15) is 0 Å². The Labute approximate surface area is 114 Å². The summed E-state index contributed by atoms with van der Waals surface area (Å²) in [7, 11) is 1.82. The summed E-state index contributed by atoms with van der Waals surface area (Å²) in [5.41, 5.74) is 2.33. The average molecular weight is 262 g/mol. The molecule has 0 radical (unpaired) electrons. The Morgan fingerprint density at radius 3 is 2.84 bits per heavy atom. The van der Waals surface area contributed by atoms with Crippen LogP contribution < -0.4 is 10.6 Å². The number of carbonyl (C=O) groups excluding carboxylic acids is 1. The molecule has 5 nitrogen and oxygen atoms in total. The van der Waals surface area contributed by atoms with E-state index in [1.54, 1.807) is 6.20 Å². The molecule has 0 aromatic carbocycles. The quantitative estimate of drug-likeness (QED) is 0.838. The van der Waals surface area contributed by atoms with Gasteiger partial charge in [-0.05, 0) is 38.9 Å². The van der Waals surface area contributed by atoms with Gasteiger partial charge in [-0.2, -0.15) is 0 Å². The van der Waals surface area contributed by atoms with Gasteiger partial charge in [0.15, 0.2) is 0 Å². The normalized spacial score (nSPS) is 15.5. The van der Waals surface area contributed by atoms with Gasteiger partial charge in [0.2, 0.25) is 0 Å². The average Bonchev–Trinajstić information content (AvgIpc) is 2.91. The van der Waals surface area contributed by atoms with Crippen molar-refractivity contribution in [3.63, 3.8) is 0 Å². The lowest BCUT2D eigenvalue weighted by atomic mass is 10.2. The van der Waals surface area contributed by atoms with Gasteiger partial charge in [0, 0.05) is 32.0 Å². The van der Waals surface area contributed by atoms with Gasteiger partial charge in [0.05, 0.1) is 11.3 Å². The van der Waals surface area contributed by atoms with Crippen molar-refractivity contribution in [3.8, 4) is 0 Å². The van der Waals surface area contributed by atoms with Crippen LogP contribution in [-0.4, -0.2) is 49.0 Å². The highest BCUT2D eigenvalue weighted by molar-refractivity contribution is 5.99. The Kier molecular flexibility index (Phi) is 4.74. The van der Waals surface area contributed by atoms with E-state index in [2.05, 4.69) is 20.5 Å². The van der Waals surface area contributed by atoms with E-state index in [4.69, 9.17) is 0 Å². The topological polar surface area (TPSA) is 57.3 Å². The number of pyridine rings is 1. The predicted octanol–water partition coefficient (Wildman–Crippen LogP) is 1.26. The van der Waals surface area contributed by atoms with Crippen LogP contribution in [-0.2, 0) is 0 Å². The first kappa shape index (κ1) is 13.8. The predicted molar refractivity (Wildman–Crippen MR) is 76.5 cm³/mol. The molecule has 1 aromatic heterocycles. The molecule has 1 amide bonds. The lowest BCUT2D eigenvalue weighted by Crippen LogP contribution is -2.33. The summed E-state index contributed by atoms with van der Waals surface area (Å²) in [4.78, 5) is 18.7. The van der Waals surface area contributed by atoms with E-state index >= 15 is 0 Å². The van der Waals surface area contributed by atoms with E-state index in [9.17, 15) is 4.79 Å². The fraction of sp³-hybridized carbons (Fsp3) is 0.571. The van der Waals surface area contributed by atoms with E-state index in [1.165, 1.54) is 12.8 Å². The van der Waals surface area contributed by atoms with Crippen LogP contribution in [0.25, 0.3) is 0 Å². The molecule has 2 rings (SSSR count). The number of aryl methyl sites for hydroxylation is 1. The summed E-state index contributed by atoms with van der Waals surface area (Å²) in [6.07, 6.45) is 4.19. The van der Waals surface area contributed by atoms with Gasteiger partial charge in [-0.3, -0.25) is 9.78 Å². The van der Waals surface area contributed by atoms with Gasteiger partial charge in [-0.1, -0.05) is 0 Å². The third-order valence-corrected chi connectivity index (χ3v) is 3.47. The SMILES string of the molecule is CNc1cc(C)ncc1C(=O)NCCN1CCCC1. The molecule has 0 atom stereocenters. The number of anilines is 1. The molecule has 1 saturated heterocycles. The minimum Gasteiger partial charge on any atom is -0.387 e. The molecule has 1 fully saturated rings. The highest BCUT2D eigenvalue weighted by Crippen LogP contribution is 2.14. The molecule has 2 N–H and O–H groups in total. The summed E-state index contributed by atoms with van der Waals surface area (Å²) >= 11 is 0. The smallest absolute Gasteiger partial charge is 0.254 e. The molecular weight excluding hydrogens is 240 g/mol. The van der Waals surface area contributed by atoms with E-state index < -0.39 is 0 Å². The van der Waals surface area contributed by atoms with Gasteiger partial charge in [-0.15, -0.1) is 0 Å². The molecule has 1 aliphatic rings. The van der Waals surface area contributed by atoms with E-state index in [-0.39, 0.29) is 5.91 Å². The molecule has 0 bridgehead atoms. The minimum atomic E-state index is -0.0592. The second-order valence-corrected chi connectivity index (χ2v) is 4.93. The van der Waals surface area contributed by atoms with Crippen molar-refractivity contribution >= 4 is 11.6 Å². The number of aromatic nitrogens is 1. The van der Waals surface area contributed by atoms with Crippen LogP contribution in [0.5, 0.6) is 0 Å². The van der Waals surface area contributed by atoms with E-state index in [0.29, 0.717) is 12.1 Å². The summed E-state index contributed by atoms with van der Waals surface area (Å²) in [5.74, 6) is -0.0592. The lowest BCUT2D eigenvalue weighted by Gasteiger charge is -2.15. The van der Waals surface area contributed by atoms with Crippen molar-refractivity contribution in [2.75, 3.05) is 38.5 Å². The molecule has 19 heavy (non-hydrogen) atoms. The second-order valence-electron chi connectivity index (χ2n) is 4.93. The fourth-order valence-corrected chi connectivity index (χ4v) is 2.38. The molecule has 5 heteroatoms. The highest BCUT2D eigenvalue weighted by atomic mass is 16.1. The molecule has 104 valence electrons. The molecule has 1 aliphatic heterocycles. The van der Waals surface area contributed by atoms with Crippen LogP contribution in [0.2, 0.25) is 0 Å². The molecule has 0 spiro atoms. The van der Waals surface area contributed by atoms with Crippen molar-refractivity contribution in [2.45, 2.75) is 19.8 Å². The molecular formula is C14H22N4O. The number of hydrogen-bond donors (Lipinski definition) is 2. The zero-order chi connectivity index (χ0) is 13.7. The number of nitrogens with zero attached hydrogens (tertiary/aromatic N) is 2. The van der Waals surface area contributed by atoms with Gasteiger partial charge >= 0.3 is 0 Å². The first-order valence-electron chi connectivity index (χ1n) is 6.85. The molecule has 0 saturated carbocycles. The summed E-state index contributed by atoms with van der Waals surface area (Å²) in [6.45, 7) is 5.85. The van der Waals surface area contributed by atoms with Crippen molar-refractivity contribution in [3.05, 3.63) is 23.5 Å². The number of likely N-dealkylation sites (tertiary alicyclic amines) is 1. The van der Waals surface area contributed by atoms with Crippen molar-refractivity contribution in [2.24, 2.45) is 0 Å². The highest BCUT2D eigenvalue weighted by Gasteiger charge is 2.13. The molecule has 0 aliphatic carbocycles. The Balaban J connectivity index is 1.88. The Morgan fingerprint density at radius 2 is 2.16 bits per heavy atom. The third kappa shape index (κ3) is 3.67. The molecule has 2 heterocycles. The Hall–Kier alpha value is -1.62. The summed E-state index contributed by atoms with van der Waals surface area (Å²) < 4.78 is 0. The maximum atomic E-state index is 12.1.